The van der Waals surface area contributed by atoms with Crippen LogP contribution in [0.15, 0.2) is 48.2 Å². The number of nitrogens with zero attached hydrogens (tertiary/aromatic N) is 4. The van der Waals surface area contributed by atoms with Gasteiger partial charge >= 0.3 is 11.9 Å². The molecule has 1 aliphatic heterocycles. The van der Waals surface area contributed by atoms with Crippen molar-refractivity contribution in [1.29, 1.82) is 0 Å². The lowest BCUT2D eigenvalue weighted by Crippen LogP contribution is -2.29. The number of aliphatic hydroxyl groups is 1. The molecule has 1 saturated heterocycles. The Morgan fingerprint density at radius 1 is 1.14 bits per heavy atom. The molecule has 4 heterocycles. The molecule has 1 aromatic carbocycles. The summed E-state index contributed by atoms with van der Waals surface area (Å²) in [6.45, 7) is 5.27. The number of halogens is 1. The van der Waals surface area contributed by atoms with E-state index in [0.29, 0.717) is 27.6 Å². The third-order valence-electron chi connectivity index (χ3n) is 6.28. The maximum absolute atomic E-state index is 13.5. The Morgan fingerprint density at radius 2 is 1.89 bits per heavy atom. The molecule has 1 amide bonds. The number of methoxy groups -OCH3 is 1. The summed E-state index contributed by atoms with van der Waals surface area (Å²) >= 11 is 7.19. The van der Waals surface area contributed by atoms with E-state index >= 15 is 0 Å². The fourth-order valence-electron chi connectivity index (χ4n) is 4.46. The van der Waals surface area contributed by atoms with E-state index < -0.39 is 29.5 Å². The molecule has 9 nitrogen and oxygen atoms in total. The number of fused-ring (bicyclic) bond motifs is 1. The van der Waals surface area contributed by atoms with Gasteiger partial charge < -0.3 is 14.2 Å². The lowest BCUT2D eigenvalue weighted by molar-refractivity contribution is -0.132. The van der Waals surface area contributed by atoms with Crippen molar-refractivity contribution in [3.8, 4) is 0 Å². The van der Waals surface area contributed by atoms with Gasteiger partial charge in [-0.15, -0.1) is 0 Å². The molecule has 4 aromatic rings. The van der Waals surface area contributed by atoms with E-state index in [1.807, 2.05) is 23.5 Å². The second-order valence-corrected chi connectivity index (χ2v) is 9.97. The van der Waals surface area contributed by atoms with Gasteiger partial charge in [0.05, 0.1) is 30.1 Å². The fourth-order valence-corrected chi connectivity index (χ4v) is 5.67. The van der Waals surface area contributed by atoms with Crippen molar-refractivity contribution in [1.82, 2.24) is 14.4 Å². The zero-order valence-corrected chi connectivity index (χ0v) is 21.8. The second-order valence-electron chi connectivity index (χ2n) is 8.56. The van der Waals surface area contributed by atoms with Crippen LogP contribution in [0.25, 0.3) is 11.4 Å². The number of carbonyl (C=O) groups excluding carboxylic acids is 3. The molecule has 0 saturated carbocycles. The third-order valence-corrected chi connectivity index (χ3v) is 7.65. The van der Waals surface area contributed by atoms with Gasteiger partial charge in [0.15, 0.2) is 10.9 Å². The smallest absolute Gasteiger partial charge is 0.350 e. The van der Waals surface area contributed by atoms with Crippen LogP contribution in [-0.2, 0) is 14.3 Å². The number of carbonyl (C=O) groups is 3. The number of aryl methyl sites for hydroxylation is 3. The number of ether oxygens (including phenoxy) is 1. The van der Waals surface area contributed by atoms with Crippen LogP contribution in [0.2, 0.25) is 5.02 Å². The molecule has 1 fully saturated rings. The van der Waals surface area contributed by atoms with Crippen molar-refractivity contribution >= 4 is 57.1 Å². The Balaban J connectivity index is 1.76. The molecule has 0 bridgehead atoms. The average molecular weight is 537 g/mol. The molecular weight excluding hydrogens is 516 g/mol. The summed E-state index contributed by atoms with van der Waals surface area (Å²) in [7, 11) is 1.25. The lowest BCUT2D eigenvalue weighted by Gasteiger charge is -2.23. The van der Waals surface area contributed by atoms with Crippen LogP contribution in [0.4, 0.5) is 5.13 Å². The van der Waals surface area contributed by atoms with E-state index in [4.69, 9.17) is 16.3 Å². The van der Waals surface area contributed by atoms with Gasteiger partial charge in [0.1, 0.15) is 16.2 Å². The molecule has 1 aliphatic rings. The van der Waals surface area contributed by atoms with Crippen LogP contribution in [0.3, 0.4) is 0 Å². The zero-order chi connectivity index (χ0) is 26.6. The first-order valence-corrected chi connectivity index (χ1v) is 12.4. The van der Waals surface area contributed by atoms with Crippen molar-refractivity contribution in [2.45, 2.75) is 26.8 Å². The molecular formula is C26H21ClN4O5S. The number of esters is 1. The van der Waals surface area contributed by atoms with Crippen LogP contribution in [0.1, 0.15) is 43.9 Å². The van der Waals surface area contributed by atoms with E-state index in [1.165, 1.54) is 12.0 Å². The summed E-state index contributed by atoms with van der Waals surface area (Å²) in [5.41, 5.74) is 2.97. The van der Waals surface area contributed by atoms with Crippen LogP contribution >= 0.6 is 22.9 Å². The number of aromatic nitrogens is 3. The number of ketones is 1. The van der Waals surface area contributed by atoms with E-state index in [2.05, 4.69) is 9.97 Å². The zero-order valence-electron chi connectivity index (χ0n) is 20.3. The molecule has 11 heteroatoms. The number of benzene rings is 1. The monoisotopic (exact) mass is 536 g/mol. The van der Waals surface area contributed by atoms with Gasteiger partial charge in [-0.2, -0.15) is 0 Å². The number of pyridine rings is 1. The lowest BCUT2D eigenvalue weighted by atomic mass is 9.96. The minimum absolute atomic E-state index is 0.117. The van der Waals surface area contributed by atoms with E-state index in [0.717, 1.165) is 16.9 Å². The number of amides is 1. The van der Waals surface area contributed by atoms with Gasteiger partial charge in [-0.05, 0) is 50.1 Å². The average Bonchev–Trinajstić information content (AvgIpc) is 3.51. The number of imidazole rings is 1. The number of hydrogen-bond acceptors (Lipinski definition) is 8. The van der Waals surface area contributed by atoms with Gasteiger partial charge in [-0.25, -0.2) is 14.8 Å². The minimum Gasteiger partial charge on any atom is -0.505 e. The maximum Gasteiger partial charge on any atom is 0.350 e. The molecule has 5 rings (SSSR count). The van der Waals surface area contributed by atoms with Gasteiger partial charge in [0, 0.05) is 11.2 Å². The van der Waals surface area contributed by atoms with Crippen LogP contribution in [0.5, 0.6) is 0 Å². The van der Waals surface area contributed by atoms with Gasteiger partial charge in [-0.3, -0.25) is 14.5 Å². The Kier molecular flexibility index (Phi) is 6.09. The summed E-state index contributed by atoms with van der Waals surface area (Å²) in [4.78, 5) is 49.4. The van der Waals surface area contributed by atoms with Gasteiger partial charge in [-0.1, -0.05) is 41.1 Å². The summed E-state index contributed by atoms with van der Waals surface area (Å²) in [5.74, 6) is -2.81. The van der Waals surface area contributed by atoms with E-state index in [-0.39, 0.29) is 21.3 Å². The van der Waals surface area contributed by atoms with Crippen molar-refractivity contribution in [2.75, 3.05) is 12.0 Å². The Morgan fingerprint density at radius 3 is 2.57 bits per heavy atom. The molecule has 0 radical (unpaired) electrons. The van der Waals surface area contributed by atoms with Crippen molar-refractivity contribution in [3.63, 3.8) is 0 Å². The first-order valence-electron chi connectivity index (χ1n) is 11.2. The molecule has 0 aliphatic carbocycles. The minimum atomic E-state index is -1.06. The third kappa shape index (κ3) is 3.89. The van der Waals surface area contributed by atoms with E-state index in [9.17, 15) is 19.5 Å². The normalized spacial score (nSPS) is 17.1. The van der Waals surface area contributed by atoms with Crippen molar-refractivity contribution < 1.29 is 24.2 Å². The fraction of sp³-hybridized carbons (Fsp3) is 0.192. The first-order chi connectivity index (χ1) is 17.6. The molecule has 37 heavy (non-hydrogen) atoms. The maximum atomic E-state index is 13.5. The molecule has 3 aromatic heterocycles. The van der Waals surface area contributed by atoms with Crippen LogP contribution in [-0.4, -0.2) is 44.2 Å². The van der Waals surface area contributed by atoms with Crippen LogP contribution < -0.4 is 4.90 Å². The van der Waals surface area contributed by atoms with Crippen LogP contribution in [0, 0.1) is 20.8 Å². The summed E-state index contributed by atoms with van der Waals surface area (Å²) in [5, 5.41) is 12.0. The molecule has 188 valence electrons. The molecule has 1 unspecified atom stereocenters. The number of anilines is 1. The Labute approximate surface area is 220 Å². The quantitative estimate of drug-likeness (QED) is 0.173. The highest BCUT2D eigenvalue weighted by atomic mass is 35.5. The Hall–Kier alpha value is -4.02. The number of aliphatic hydroxyl groups excluding tert-OH is 1. The van der Waals surface area contributed by atoms with Crippen molar-refractivity contribution in [3.05, 3.63) is 86.3 Å². The molecule has 1 atom stereocenters. The largest absolute Gasteiger partial charge is 0.505 e. The molecule has 1 N–H and O–H groups in total. The topological polar surface area (TPSA) is 114 Å². The highest BCUT2D eigenvalue weighted by Crippen LogP contribution is 2.44. The SMILES string of the molecule is COC(=O)c1sc(N2C(=O)C(=O)/C(=C(/O)c3nc4c(C)cccn4c3C)C2c2cccc(Cl)c2)nc1C. The number of Topliss-reactive ketones (excluding diaryl/α,β-unsaturated/α-hetero) is 1. The van der Waals surface area contributed by atoms with Crippen molar-refractivity contribution in [2.24, 2.45) is 0 Å². The highest BCUT2D eigenvalue weighted by Gasteiger charge is 2.49. The number of hydrogen-bond donors (Lipinski definition) is 1. The predicted molar refractivity (Wildman–Crippen MR) is 139 cm³/mol. The van der Waals surface area contributed by atoms with Gasteiger partial charge in [0.25, 0.3) is 5.78 Å². The van der Waals surface area contributed by atoms with Gasteiger partial charge in [0.2, 0.25) is 0 Å². The summed E-state index contributed by atoms with van der Waals surface area (Å²) in [6.07, 6.45) is 1.81. The highest BCUT2D eigenvalue weighted by molar-refractivity contribution is 7.17. The number of thiazole rings is 1. The summed E-state index contributed by atoms with van der Waals surface area (Å²) in [6, 6.07) is 9.35. The first kappa shape index (κ1) is 24.7. The Bertz CT molecular complexity index is 1650. The predicted octanol–water partition coefficient (Wildman–Crippen LogP) is 4.78. The number of rotatable bonds is 4. The second kappa shape index (κ2) is 9.13. The van der Waals surface area contributed by atoms with E-state index in [1.54, 1.807) is 44.3 Å². The standard InChI is InChI=1S/C26H21ClN4O5S/c1-12-7-6-10-30-14(3)18(29-23(12)30)20(32)17-19(15-8-5-9-16(27)11-15)31(24(34)21(17)33)26-28-13(2)22(37-26)25(35)36-4/h5-11,19,32H,1-4H3/b20-17+. The molecule has 0 spiro atoms. The summed E-state index contributed by atoms with van der Waals surface area (Å²) < 4.78 is 6.63.